The van der Waals surface area contributed by atoms with Gasteiger partial charge in [0.2, 0.25) is 5.13 Å². The predicted molar refractivity (Wildman–Crippen MR) is 124 cm³/mol. The molecule has 4 rings (SSSR count). The Bertz CT molecular complexity index is 1230. The van der Waals surface area contributed by atoms with Gasteiger partial charge >= 0.3 is 0 Å². The third kappa shape index (κ3) is 4.32. The van der Waals surface area contributed by atoms with Crippen molar-refractivity contribution >= 4 is 51.2 Å². The molecule has 0 aliphatic carbocycles. The van der Waals surface area contributed by atoms with Crippen LogP contribution in [0.25, 0.3) is 17.0 Å². The molecule has 2 aromatic carbocycles. The number of nitrogens with zero attached hydrogens (tertiary/aromatic N) is 2. The highest BCUT2D eigenvalue weighted by Crippen LogP contribution is 2.31. The summed E-state index contributed by atoms with van der Waals surface area (Å²) in [5, 5.41) is 12.5. The SMILES string of the molecule is Cc1ccc2c(C)c(C(=O)Nc3nnc(SCC=Cc4ccccc4)s3)oc2c1C. The first kappa shape index (κ1) is 20.4. The minimum atomic E-state index is -0.308. The molecule has 1 N–H and O–H groups in total. The molecular weight excluding hydrogens is 414 g/mol. The van der Waals surface area contributed by atoms with E-state index in [-0.39, 0.29) is 5.91 Å². The van der Waals surface area contributed by atoms with Gasteiger partial charge in [-0.25, -0.2) is 0 Å². The molecule has 0 aliphatic rings. The number of fused-ring (bicyclic) bond motifs is 1. The highest BCUT2D eigenvalue weighted by molar-refractivity contribution is 8.01. The van der Waals surface area contributed by atoms with Gasteiger partial charge in [-0.1, -0.05) is 77.7 Å². The van der Waals surface area contributed by atoms with Gasteiger partial charge in [-0.2, -0.15) is 0 Å². The lowest BCUT2D eigenvalue weighted by atomic mass is 10.0. The Morgan fingerprint density at radius 2 is 1.90 bits per heavy atom. The topological polar surface area (TPSA) is 68.0 Å². The minimum absolute atomic E-state index is 0.308. The lowest BCUT2D eigenvalue weighted by Gasteiger charge is -1.99. The van der Waals surface area contributed by atoms with Crippen LogP contribution in [0.5, 0.6) is 0 Å². The van der Waals surface area contributed by atoms with Crippen molar-refractivity contribution in [1.29, 1.82) is 0 Å². The van der Waals surface area contributed by atoms with E-state index in [0.29, 0.717) is 10.9 Å². The molecule has 30 heavy (non-hydrogen) atoms. The van der Waals surface area contributed by atoms with Crippen LogP contribution in [0.4, 0.5) is 5.13 Å². The molecule has 0 spiro atoms. The van der Waals surface area contributed by atoms with Gasteiger partial charge in [-0.3, -0.25) is 10.1 Å². The monoisotopic (exact) mass is 435 g/mol. The molecule has 0 fully saturated rings. The molecule has 4 aromatic rings. The van der Waals surface area contributed by atoms with Crippen LogP contribution in [0, 0.1) is 20.8 Å². The van der Waals surface area contributed by atoms with Gasteiger partial charge in [0.1, 0.15) is 5.58 Å². The second-order valence-corrected chi connectivity index (χ2v) is 9.14. The number of benzene rings is 2. The number of carbonyl (C=O) groups is 1. The number of aryl methyl sites for hydroxylation is 3. The standard InChI is InChI=1S/C23H21N3O2S2/c1-14-11-12-18-16(3)20(28-19(18)15(14)2)21(27)24-22-25-26-23(30-22)29-13-7-10-17-8-5-4-6-9-17/h4-12H,13H2,1-3H3,(H,24,25,27). The zero-order chi connectivity index (χ0) is 21.1. The van der Waals surface area contributed by atoms with E-state index in [9.17, 15) is 4.79 Å². The fourth-order valence-corrected chi connectivity index (χ4v) is 4.66. The summed E-state index contributed by atoms with van der Waals surface area (Å²) >= 11 is 2.93. The van der Waals surface area contributed by atoms with Crippen molar-refractivity contribution in [3.8, 4) is 0 Å². The van der Waals surface area contributed by atoms with Crippen LogP contribution in [-0.2, 0) is 0 Å². The molecule has 0 saturated carbocycles. The number of amides is 1. The summed E-state index contributed by atoms with van der Waals surface area (Å²) in [5.41, 5.74) is 4.94. The Morgan fingerprint density at radius 1 is 1.10 bits per heavy atom. The molecule has 152 valence electrons. The summed E-state index contributed by atoms with van der Waals surface area (Å²) in [6.45, 7) is 5.93. The number of hydrogen-bond donors (Lipinski definition) is 1. The van der Waals surface area contributed by atoms with E-state index in [1.807, 2.05) is 51.1 Å². The quantitative estimate of drug-likeness (QED) is 0.286. The maximum absolute atomic E-state index is 12.7. The minimum Gasteiger partial charge on any atom is -0.450 e. The molecule has 0 atom stereocenters. The number of furan rings is 1. The van der Waals surface area contributed by atoms with Gasteiger partial charge in [-0.15, -0.1) is 10.2 Å². The Morgan fingerprint density at radius 3 is 2.70 bits per heavy atom. The highest BCUT2D eigenvalue weighted by atomic mass is 32.2. The maximum atomic E-state index is 12.7. The van der Waals surface area contributed by atoms with Gasteiger partial charge in [0.15, 0.2) is 10.1 Å². The molecular formula is C23H21N3O2S2. The summed E-state index contributed by atoms with van der Waals surface area (Å²) < 4.78 is 6.70. The van der Waals surface area contributed by atoms with E-state index >= 15 is 0 Å². The normalized spacial score (nSPS) is 11.4. The third-order valence-electron chi connectivity index (χ3n) is 4.87. The number of thioether (sulfide) groups is 1. The van der Waals surface area contributed by atoms with Crippen molar-refractivity contribution in [2.24, 2.45) is 0 Å². The van der Waals surface area contributed by atoms with Crippen molar-refractivity contribution in [2.75, 3.05) is 11.1 Å². The molecule has 2 aromatic heterocycles. The largest absolute Gasteiger partial charge is 0.450 e. The molecule has 7 heteroatoms. The van der Waals surface area contributed by atoms with Crippen molar-refractivity contribution in [3.05, 3.63) is 76.6 Å². The molecule has 5 nitrogen and oxygen atoms in total. The summed E-state index contributed by atoms with van der Waals surface area (Å²) in [6.07, 6.45) is 4.16. The van der Waals surface area contributed by atoms with Gasteiger partial charge in [0, 0.05) is 16.7 Å². The summed E-state index contributed by atoms with van der Waals surface area (Å²) in [6, 6.07) is 14.2. The molecule has 1 amide bonds. The Labute approximate surface area is 183 Å². The Hall–Kier alpha value is -2.90. The average Bonchev–Trinajstić information content (AvgIpc) is 3.33. The second kappa shape index (κ2) is 8.85. The van der Waals surface area contributed by atoms with Crippen molar-refractivity contribution in [2.45, 2.75) is 25.1 Å². The molecule has 2 heterocycles. The van der Waals surface area contributed by atoms with E-state index < -0.39 is 0 Å². The first-order valence-corrected chi connectivity index (χ1v) is 11.3. The first-order valence-electron chi connectivity index (χ1n) is 9.51. The van der Waals surface area contributed by atoms with Crippen LogP contribution in [0.1, 0.15) is 32.8 Å². The highest BCUT2D eigenvalue weighted by Gasteiger charge is 2.20. The van der Waals surface area contributed by atoms with Gasteiger partial charge < -0.3 is 4.42 Å². The molecule has 0 aliphatic heterocycles. The number of anilines is 1. The number of nitrogens with one attached hydrogen (secondary N) is 1. The zero-order valence-corrected chi connectivity index (χ0v) is 18.6. The summed E-state index contributed by atoms with van der Waals surface area (Å²) in [4.78, 5) is 12.7. The lowest BCUT2D eigenvalue weighted by Crippen LogP contribution is -2.11. The molecule has 0 radical (unpaired) electrons. The van der Waals surface area contributed by atoms with E-state index in [0.717, 1.165) is 43.3 Å². The van der Waals surface area contributed by atoms with Gasteiger partial charge in [0.25, 0.3) is 5.91 Å². The number of rotatable bonds is 6. The van der Waals surface area contributed by atoms with Crippen LogP contribution < -0.4 is 5.32 Å². The lowest BCUT2D eigenvalue weighted by molar-refractivity contribution is 0.0998. The van der Waals surface area contributed by atoms with Crippen molar-refractivity contribution in [1.82, 2.24) is 10.2 Å². The van der Waals surface area contributed by atoms with E-state index in [1.54, 1.807) is 11.8 Å². The van der Waals surface area contributed by atoms with E-state index in [1.165, 1.54) is 11.3 Å². The maximum Gasteiger partial charge on any atom is 0.293 e. The first-order chi connectivity index (χ1) is 14.5. The summed E-state index contributed by atoms with van der Waals surface area (Å²) in [5.74, 6) is 0.782. The van der Waals surface area contributed by atoms with E-state index in [2.05, 4.69) is 39.8 Å². The molecule has 0 saturated heterocycles. The fourth-order valence-electron chi connectivity index (χ4n) is 3.07. The third-order valence-corrected chi connectivity index (χ3v) is 6.80. The number of carbonyl (C=O) groups excluding carboxylic acids is 1. The van der Waals surface area contributed by atoms with Crippen molar-refractivity contribution < 1.29 is 9.21 Å². The number of aromatic nitrogens is 2. The van der Waals surface area contributed by atoms with Crippen LogP contribution in [0.3, 0.4) is 0 Å². The smallest absolute Gasteiger partial charge is 0.293 e. The predicted octanol–water partition coefficient (Wildman–Crippen LogP) is 6.27. The molecule has 0 bridgehead atoms. The van der Waals surface area contributed by atoms with Gasteiger partial charge in [-0.05, 0) is 37.5 Å². The van der Waals surface area contributed by atoms with Crippen molar-refractivity contribution in [3.63, 3.8) is 0 Å². The zero-order valence-electron chi connectivity index (χ0n) is 16.9. The Balaban J connectivity index is 1.41. The molecule has 0 unspecified atom stereocenters. The van der Waals surface area contributed by atoms with Gasteiger partial charge in [0.05, 0.1) is 0 Å². The van der Waals surface area contributed by atoms with Crippen LogP contribution in [0.2, 0.25) is 0 Å². The van der Waals surface area contributed by atoms with Crippen LogP contribution in [0.15, 0.2) is 57.3 Å². The van der Waals surface area contributed by atoms with Crippen LogP contribution >= 0.6 is 23.1 Å². The van der Waals surface area contributed by atoms with E-state index in [4.69, 9.17) is 4.42 Å². The summed E-state index contributed by atoms with van der Waals surface area (Å²) in [7, 11) is 0. The van der Waals surface area contributed by atoms with Crippen LogP contribution in [-0.4, -0.2) is 21.9 Å². The average molecular weight is 436 g/mol. The fraction of sp³-hybridized carbons (Fsp3) is 0.174. The number of hydrogen-bond acceptors (Lipinski definition) is 6. The second-order valence-electron chi connectivity index (χ2n) is 6.89. The Kier molecular flexibility index (Phi) is 6.01.